The number of hydrogen-bond donors (Lipinski definition) is 2. The summed E-state index contributed by atoms with van der Waals surface area (Å²) in [5.74, 6) is 1.32. The maximum absolute atomic E-state index is 13.5. The number of carbonyl (C=O) groups excluding carboxylic acids is 1. The van der Waals surface area contributed by atoms with Crippen molar-refractivity contribution in [1.29, 1.82) is 0 Å². The first-order chi connectivity index (χ1) is 17.9. The van der Waals surface area contributed by atoms with Crippen LogP contribution in [0.3, 0.4) is 0 Å². The molecule has 5 aromatic rings. The largest absolute Gasteiger partial charge is 0.493 e. The van der Waals surface area contributed by atoms with Crippen LogP contribution in [0.4, 0.5) is 5.82 Å². The number of carbonyl (C=O) groups is 1. The highest BCUT2D eigenvalue weighted by atomic mass is 16.5. The summed E-state index contributed by atoms with van der Waals surface area (Å²) in [4.78, 5) is 23.2. The molecule has 0 aliphatic heterocycles. The lowest BCUT2D eigenvalue weighted by Crippen LogP contribution is -2.26. The topological polar surface area (TPSA) is 104 Å². The van der Waals surface area contributed by atoms with Gasteiger partial charge in [0, 0.05) is 6.54 Å². The Morgan fingerprint density at radius 2 is 1.68 bits per heavy atom. The summed E-state index contributed by atoms with van der Waals surface area (Å²) in [5.41, 5.74) is 13.5. The van der Waals surface area contributed by atoms with Crippen LogP contribution in [0.1, 0.15) is 27.0 Å². The molecule has 8 nitrogen and oxygen atoms in total. The van der Waals surface area contributed by atoms with Crippen molar-refractivity contribution in [2.45, 2.75) is 20.3 Å². The van der Waals surface area contributed by atoms with E-state index in [2.05, 4.69) is 5.32 Å². The highest BCUT2D eigenvalue weighted by Gasteiger charge is 2.25. The molecular formula is C29H29N5O3. The number of ether oxygens (including phenoxy) is 2. The van der Waals surface area contributed by atoms with Crippen molar-refractivity contribution in [3.63, 3.8) is 0 Å². The van der Waals surface area contributed by atoms with Gasteiger partial charge in [0.05, 0.1) is 30.9 Å². The van der Waals surface area contributed by atoms with E-state index in [0.717, 1.165) is 27.9 Å². The third-order valence-electron chi connectivity index (χ3n) is 6.69. The van der Waals surface area contributed by atoms with Crippen molar-refractivity contribution in [2.75, 3.05) is 26.5 Å². The maximum Gasteiger partial charge on any atom is 0.257 e. The Bertz CT molecular complexity index is 1640. The Morgan fingerprint density at radius 3 is 2.41 bits per heavy atom. The van der Waals surface area contributed by atoms with Gasteiger partial charge in [-0.25, -0.2) is 9.97 Å². The second-order valence-electron chi connectivity index (χ2n) is 8.89. The molecule has 2 heterocycles. The van der Waals surface area contributed by atoms with E-state index < -0.39 is 0 Å². The minimum absolute atomic E-state index is 0.295. The van der Waals surface area contributed by atoms with E-state index in [1.807, 2.05) is 79.1 Å². The van der Waals surface area contributed by atoms with Crippen LogP contribution < -0.4 is 20.5 Å². The van der Waals surface area contributed by atoms with Gasteiger partial charge in [-0.05, 0) is 67.3 Å². The highest BCUT2D eigenvalue weighted by Crippen LogP contribution is 2.33. The Kier molecular flexibility index (Phi) is 6.40. The number of nitrogens with one attached hydrogen (secondary N) is 1. The highest BCUT2D eigenvalue weighted by molar-refractivity contribution is 6.11. The van der Waals surface area contributed by atoms with Crippen LogP contribution in [-0.2, 0) is 6.42 Å². The fraction of sp³-hybridized carbons (Fsp3) is 0.207. The quantitative estimate of drug-likeness (QED) is 0.337. The number of para-hydroxylation sites is 2. The van der Waals surface area contributed by atoms with E-state index in [-0.39, 0.29) is 5.91 Å². The van der Waals surface area contributed by atoms with E-state index in [0.29, 0.717) is 52.5 Å². The van der Waals surface area contributed by atoms with Gasteiger partial charge < -0.3 is 20.5 Å². The number of hydrogen-bond acceptors (Lipinski definition) is 6. The summed E-state index contributed by atoms with van der Waals surface area (Å²) in [6, 6.07) is 19.3. The molecule has 0 aliphatic carbocycles. The number of anilines is 1. The number of aromatic nitrogens is 3. The van der Waals surface area contributed by atoms with Crippen molar-refractivity contribution in [1.82, 2.24) is 19.9 Å². The van der Waals surface area contributed by atoms with Gasteiger partial charge in [-0.15, -0.1) is 0 Å². The van der Waals surface area contributed by atoms with Crippen LogP contribution in [0, 0.1) is 13.8 Å². The summed E-state index contributed by atoms with van der Waals surface area (Å²) in [6.45, 7) is 4.49. The predicted octanol–water partition coefficient (Wildman–Crippen LogP) is 4.76. The van der Waals surface area contributed by atoms with E-state index >= 15 is 0 Å². The maximum atomic E-state index is 13.5. The molecule has 0 unspecified atom stereocenters. The Hall–Kier alpha value is -4.59. The van der Waals surface area contributed by atoms with Gasteiger partial charge in [0.2, 0.25) is 0 Å². The molecule has 3 N–H and O–H groups in total. The van der Waals surface area contributed by atoms with Gasteiger partial charge in [-0.2, -0.15) is 0 Å². The van der Waals surface area contributed by atoms with Crippen LogP contribution in [-0.4, -0.2) is 41.2 Å². The number of fused-ring (bicyclic) bond motifs is 2. The van der Waals surface area contributed by atoms with Gasteiger partial charge in [0.25, 0.3) is 5.91 Å². The minimum atomic E-state index is -0.295. The number of amides is 1. The molecule has 2 aromatic heterocycles. The Labute approximate surface area is 215 Å². The zero-order valence-electron chi connectivity index (χ0n) is 21.3. The molecular weight excluding hydrogens is 466 g/mol. The number of nitrogens with two attached hydrogens (primary N) is 1. The fourth-order valence-corrected chi connectivity index (χ4v) is 4.55. The van der Waals surface area contributed by atoms with Crippen molar-refractivity contribution < 1.29 is 14.3 Å². The van der Waals surface area contributed by atoms with Crippen LogP contribution in [0.5, 0.6) is 11.5 Å². The number of rotatable bonds is 7. The molecule has 8 heteroatoms. The lowest BCUT2D eigenvalue weighted by molar-refractivity contribution is 0.0956. The fourth-order valence-electron chi connectivity index (χ4n) is 4.55. The van der Waals surface area contributed by atoms with Crippen molar-refractivity contribution in [2.24, 2.45) is 0 Å². The van der Waals surface area contributed by atoms with Gasteiger partial charge >= 0.3 is 0 Å². The smallest absolute Gasteiger partial charge is 0.257 e. The van der Waals surface area contributed by atoms with Crippen LogP contribution >= 0.6 is 0 Å². The summed E-state index contributed by atoms with van der Waals surface area (Å²) in [6.07, 6.45) is 0.607. The third-order valence-corrected chi connectivity index (χ3v) is 6.69. The third kappa shape index (κ3) is 4.31. The van der Waals surface area contributed by atoms with E-state index in [4.69, 9.17) is 25.2 Å². The molecule has 0 radical (unpaired) electrons. The predicted molar refractivity (Wildman–Crippen MR) is 146 cm³/mol. The average molecular weight is 496 g/mol. The zero-order valence-corrected chi connectivity index (χ0v) is 21.3. The van der Waals surface area contributed by atoms with Crippen LogP contribution in [0.15, 0.2) is 60.7 Å². The number of nitrogens with zero attached hydrogens (tertiary/aromatic N) is 3. The summed E-state index contributed by atoms with van der Waals surface area (Å²) < 4.78 is 12.5. The normalized spacial score (nSPS) is 11.1. The van der Waals surface area contributed by atoms with Crippen LogP contribution in [0.25, 0.3) is 27.9 Å². The Morgan fingerprint density at radius 1 is 0.946 bits per heavy atom. The SMILES string of the molecule is COc1ccc(CCNC(=O)c2c(N)n(-c3cccc(C)c3C)c3nc4ccccc4nc23)cc1OC. The molecule has 0 spiro atoms. The molecule has 37 heavy (non-hydrogen) atoms. The van der Waals surface area contributed by atoms with Crippen LogP contribution in [0.2, 0.25) is 0 Å². The molecule has 188 valence electrons. The lowest BCUT2D eigenvalue weighted by atomic mass is 10.1. The molecule has 0 saturated heterocycles. The summed E-state index contributed by atoms with van der Waals surface area (Å²) in [5, 5.41) is 3.01. The number of methoxy groups -OCH3 is 2. The zero-order chi connectivity index (χ0) is 26.1. The average Bonchev–Trinajstić information content (AvgIpc) is 3.19. The number of aryl methyl sites for hydroxylation is 1. The van der Waals surface area contributed by atoms with Gasteiger partial charge in [-0.3, -0.25) is 9.36 Å². The van der Waals surface area contributed by atoms with E-state index in [1.165, 1.54) is 0 Å². The summed E-state index contributed by atoms with van der Waals surface area (Å²) >= 11 is 0. The number of benzene rings is 3. The Balaban J connectivity index is 1.53. The second-order valence-corrected chi connectivity index (χ2v) is 8.89. The van der Waals surface area contributed by atoms with Crippen molar-refractivity contribution in [3.8, 4) is 17.2 Å². The van der Waals surface area contributed by atoms with E-state index in [9.17, 15) is 4.79 Å². The molecule has 0 atom stereocenters. The molecule has 5 rings (SSSR count). The minimum Gasteiger partial charge on any atom is -0.493 e. The second kappa shape index (κ2) is 9.81. The van der Waals surface area contributed by atoms with Gasteiger partial charge in [0.1, 0.15) is 16.9 Å². The molecule has 0 aliphatic rings. The molecule has 3 aromatic carbocycles. The van der Waals surface area contributed by atoms with E-state index in [1.54, 1.807) is 14.2 Å². The van der Waals surface area contributed by atoms with Crippen molar-refractivity contribution in [3.05, 3.63) is 82.9 Å². The lowest BCUT2D eigenvalue weighted by Gasteiger charge is -2.13. The first-order valence-electron chi connectivity index (χ1n) is 12.0. The molecule has 0 bridgehead atoms. The molecule has 0 saturated carbocycles. The molecule has 1 amide bonds. The van der Waals surface area contributed by atoms with Gasteiger partial charge in [0.15, 0.2) is 17.1 Å². The standard InChI is InChI=1S/C29H29N5O3/c1-17-8-7-11-22(18(17)2)34-27(30)25(26-28(34)33-21-10-6-5-9-20(21)32-26)29(35)31-15-14-19-12-13-23(36-3)24(16-19)37-4/h5-13,16H,14-15,30H2,1-4H3,(H,31,35). The first-order valence-corrected chi connectivity index (χ1v) is 12.0. The molecule has 0 fully saturated rings. The number of nitrogen functional groups attached to an aromatic ring is 1. The first kappa shape index (κ1) is 24.1. The monoisotopic (exact) mass is 495 g/mol. The summed E-state index contributed by atoms with van der Waals surface area (Å²) in [7, 11) is 3.20. The van der Waals surface area contributed by atoms with Gasteiger partial charge in [-0.1, -0.05) is 30.3 Å². The van der Waals surface area contributed by atoms with Crippen molar-refractivity contribution >= 4 is 33.9 Å².